The van der Waals surface area contributed by atoms with Crippen LogP contribution in [-0.4, -0.2) is 23.2 Å². The Morgan fingerprint density at radius 2 is 1.50 bits per heavy atom. The monoisotopic (exact) mass is 366 g/mol. The zero-order chi connectivity index (χ0) is 18.2. The van der Waals surface area contributed by atoms with Crippen molar-refractivity contribution in [2.75, 3.05) is 6.61 Å². The maximum absolute atomic E-state index is 6.10. The van der Waals surface area contributed by atoms with Crippen molar-refractivity contribution in [2.24, 2.45) is 0 Å². The minimum Gasteiger partial charge on any atom is -0.542 e. The lowest BCUT2D eigenvalue weighted by atomic mass is 10.3. The molecule has 0 saturated heterocycles. The van der Waals surface area contributed by atoms with Crippen LogP contribution in [0.4, 0.5) is 0 Å². The first-order valence-electron chi connectivity index (χ1n) is 8.23. The summed E-state index contributed by atoms with van der Waals surface area (Å²) in [5, 5.41) is 0. The molecule has 0 heterocycles. The summed E-state index contributed by atoms with van der Waals surface area (Å²) in [5.41, 5.74) is 0. The van der Waals surface area contributed by atoms with E-state index in [1.807, 2.05) is 37.3 Å². The Balaban J connectivity index is 3.03. The largest absolute Gasteiger partial charge is 0.542 e. The summed E-state index contributed by atoms with van der Waals surface area (Å²) in [6.45, 7) is 15.2. The Labute approximate surface area is 148 Å². The molecule has 0 bridgehead atoms. The second-order valence-corrected chi connectivity index (χ2v) is 16.1. The first-order valence-corrected chi connectivity index (χ1v) is 15.0. The summed E-state index contributed by atoms with van der Waals surface area (Å²) in [4.78, 5) is 0. The third-order valence-electron chi connectivity index (χ3n) is 2.43. The molecule has 1 rings (SSSR count). The second-order valence-electron chi connectivity index (χ2n) is 7.28. The van der Waals surface area contributed by atoms with Crippen LogP contribution in [0.2, 0.25) is 39.3 Å². The summed E-state index contributed by atoms with van der Waals surface area (Å²) in [6, 6.07) is 9.60. The fourth-order valence-electron chi connectivity index (χ4n) is 1.73. The second kappa shape index (κ2) is 8.98. The lowest BCUT2D eigenvalue weighted by Gasteiger charge is -2.23. The molecule has 1 aromatic rings. The lowest BCUT2D eigenvalue weighted by Crippen LogP contribution is -2.27. The molecular formula is C18H30O4Si2. The van der Waals surface area contributed by atoms with Gasteiger partial charge >= 0.3 is 0 Å². The van der Waals surface area contributed by atoms with E-state index in [4.69, 9.17) is 18.3 Å². The van der Waals surface area contributed by atoms with E-state index in [2.05, 4.69) is 39.3 Å². The molecule has 134 valence electrons. The van der Waals surface area contributed by atoms with Crippen LogP contribution in [0, 0.1) is 0 Å². The summed E-state index contributed by atoms with van der Waals surface area (Å²) in [6.07, 6.45) is 3.39. The topological polar surface area (TPSA) is 36.9 Å². The first kappa shape index (κ1) is 20.4. The van der Waals surface area contributed by atoms with Crippen molar-refractivity contribution in [3.63, 3.8) is 0 Å². The normalized spacial score (nSPS) is 13.5. The molecule has 0 aliphatic carbocycles. The van der Waals surface area contributed by atoms with Gasteiger partial charge in [-0.15, -0.1) is 0 Å². The Morgan fingerprint density at radius 3 is 2.00 bits per heavy atom. The van der Waals surface area contributed by atoms with Gasteiger partial charge in [-0.1, -0.05) is 18.2 Å². The smallest absolute Gasteiger partial charge is 0.269 e. The number of hydrogen-bond donors (Lipinski definition) is 0. The predicted octanol–water partition coefficient (Wildman–Crippen LogP) is 5.49. The molecule has 0 aliphatic heterocycles. The molecule has 0 spiro atoms. The lowest BCUT2D eigenvalue weighted by molar-refractivity contribution is 0.111. The van der Waals surface area contributed by atoms with Crippen LogP contribution in [0.25, 0.3) is 0 Å². The molecule has 6 heteroatoms. The molecule has 24 heavy (non-hydrogen) atoms. The van der Waals surface area contributed by atoms with Gasteiger partial charge in [0, 0.05) is 0 Å². The number of benzene rings is 1. The first-order chi connectivity index (χ1) is 11.1. The van der Waals surface area contributed by atoms with Gasteiger partial charge in [-0.3, -0.25) is 0 Å². The van der Waals surface area contributed by atoms with Crippen molar-refractivity contribution in [3.8, 4) is 5.75 Å². The van der Waals surface area contributed by atoms with Crippen LogP contribution in [0.15, 0.2) is 54.4 Å². The fourth-order valence-corrected chi connectivity index (χ4v) is 3.26. The average molecular weight is 367 g/mol. The third kappa shape index (κ3) is 9.47. The predicted molar refractivity (Wildman–Crippen MR) is 104 cm³/mol. The molecule has 1 aromatic carbocycles. The number of allylic oxidation sites excluding steroid dienone is 1. The SMILES string of the molecule is CCO/C(=C\C(=C/Oc1ccccc1)O[Si](C)(C)C)O[Si](C)(C)C. The van der Waals surface area contributed by atoms with Crippen LogP contribution < -0.4 is 4.74 Å². The van der Waals surface area contributed by atoms with Crippen LogP contribution >= 0.6 is 0 Å². The highest BCUT2D eigenvalue weighted by Crippen LogP contribution is 2.19. The van der Waals surface area contributed by atoms with Crippen molar-refractivity contribution in [1.82, 2.24) is 0 Å². The third-order valence-corrected chi connectivity index (χ3v) is 4.09. The summed E-state index contributed by atoms with van der Waals surface area (Å²) < 4.78 is 23.4. The van der Waals surface area contributed by atoms with Gasteiger partial charge in [-0.25, -0.2) is 0 Å². The van der Waals surface area contributed by atoms with Crippen molar-refractivity contribution in [2.45, 2.75) is 46.2 Å². The Hall–Kier alpha value is -1.67. The molecule has 4 nitrogen and oxygen atoms in total. The number of para-hydroxylation sites is 1. The summed E-state index contributed by atoms with van der Waals surface area (Å²) >= 11 is 0. The maximum Gasteiger partial charge on any atom is 0.269 e. The zero-order valence-electron chi connectivity index (χ0n) is 15.9. The standard InChI is InChI=1S/C18H30O4Si2/c1-8-19-18(22-24(5,6)7)14-17(21-23(2,3)4)15-20-16-12-10-9-11-13-16/h9-15H,8H2,1-7H3/b17-15+,18-14+. The highest BCUT2D eigenvalue weighted by molar-refractivity contribution is 6.70. The molecule has 0 radical (unpaired) electrons. The van der Waals surface area contributed by atoms with Gasteiger partial charge in [0.25, 0.3) is 5.95 Å². The molecule has 0 atom stereocenters. The van der Waals surface area contributed by atoms with Gasteiger partial charge in [0.2, 0.25) is 16.6 Å². The van der Waals surface area contributed by atoms with Crippen LogP contribution in [0.5, 0.6) is 5.75 Å². The molecule has 0 saturated carbocycles. The molecule has 0 aliphatic rings. The quantitative estimate of drug-likeness (QED) is 0.329. The average Bonchev–Trinajstić information content (AvgIpc) is 2.43. The number of ether oxygens (including phenoxy) is 2. The minimum atomic E-state index is -1.80. The van der Waals surface area contributed by atoms with E-state index in [-0.39, 0.29) is 0 Å². The Kier molecular flexibility index (Phi) is 7.63. The van der Waals surface area contributed by atoms with E-state index < -0.39 is 16.6 Å². The van der Waals surface area contributed by atoms with Crippen LogP contribution in [0.1, 0.15) is 6.92 Å². The van der Waals surface area contributed by atoms with Gasteiger partial charge < -0.3 is 18.3 Å². The van der Waals surface area contributed by atoms with E-state index in [1.54, 1.807) is 12.3 Å². The molecule has 0 amide bonds. The van der Waals surface area contributed by atoms with Crippen molar-refractivity contribution >= 4 is 16.6 Å². The highest BCUT2D eigenvalue weighted by Gasteiger charge is 2.21. The van der Waals surface area contributed by atoms with Crippen LogP contribution in [0.3, 0.4) is 0 Å². The molecule has 0 aromatic heterocycles. The minimum absolute atomic E-state index is 0.484. The highest BCUT2D eigenvalue weighted by atomic mass is 28.4. The number of rotatable bonds is 9. The molecule has 0 unspecified atom stereocenters. The van der Waals surface area contributed by atoms with E-state index in [0.717, 1.165) is 5.75 Å². The van der Waals surface area contributed by atoms with Crippen molar-refractivity contribution in [1.29, 1.82) is 0 Å². The van der Waals surface area contributed by atoms with E-state index in [0.29, 0.717) is 18.3 Å². The summed E-state index contributed by atoms with van der Waals surface area (Å²) in [5.74, 6) is 1.85. The van der Waals surface area contributed by atoms with E-state index in [9.17, 15) is 0 Å². The maximum atomic E-state index is 6.10. The number of hydrogen-bond acceptors (Lipinski definition) is 4. The molecular weight excluding hydrogens is 336 g/mol. The van der Waals surface area contributed by atoms with Gasteiger partial charge in [-0.05, 0) is 58.3 Å². The fraction of sp³-hybridized carbons (Fsp3) is 0.444. The van der Waals surface area contributed by atoms with E-state index in [1.165, 1.54) is 0 Å². The van der Waals surface area contributed by atoms with Gasteiger partial charge in [0.05, 0.1) is 12.7 Å². The Morgan fingerprint density at radius 1 is 0.917 bits per heavy atom. The van der Waals surface area contributed by atoms with Crippen LogP contribution in [-0.2, 0) is 13.6 Å². The van der Waals surface area contributed by atoms with E-state index >= 15 is 0 Å². The molecule has 0 fully saturated rings. The van der Waals surface area contributed by atoms with Gasteiger partial charge in [-0.2, -0.15) is 0 Å². The summed E-state index contributed by atoms with van der Waals surface area (Å²) in [7, 11) is -3.57. The zero-order valence-corrected chi connectivity index (χ0v) is 17.9. The van der Waals surface area contributed by atoms with Gasteiger partial charge in [0.1, 0.15) is 17.8 Å². The molecule has 0 N–H and O–H groups in total. The van der Waals surface area contributed by atoms with Crippen molar-refractivity contribution in [3.05, 3.63) is 54.4 Å². The van der Waals surface area contributed by atoms with Gasteiger partial charge in [0.15, 0.2) is 0 Å². The van der Waals surface area contributed by atoms with Crippen molar-refractivity contribution < 1.29 is 18.3 Å². The Bertz CT molecular complexity index is 555.